The van der Waals surface area contributed by atoms with Crippen molar-refractivity contribution in [3.63, 3.8) is 0 Å². The summed E-state index contributed by atoms with van der Waals surface area (Å²) in [4.78, 5) is 33.8. The molecule has 3 aromatic rings. The number of pyridine rings is 1. The minimum Gasteiger partial charge on any atom is -0.365 e. The van der Waals surface area contributed by atoms with Gasteiger partial charge in [0.05, 0.1) is 42.1 Å². The van der Waals surface area contributed by atoms with Crippen LogP contribution < -0.4 is 10.6 Å². The number of rotatable bonds is 5. The zero-order valence-electron chi connectivity index (χ0n) is 15.3. The number of nitrogens with one attached hydrogen (secondary N) is 2. The Bertz CT molecular complexity index is 994. The highest BCUT2D eigenvalue weighted by atomic mass is 16.5. The van der Waals surface area contributed by atoms with Crippen molar-refractivity contribution >= 4 is 28.7 Å². The van der Waals surface area contributed by atoms with Gasteiger partial charge in [0.1, 0.15) is 18.8 Å². The van der Waals surface area contributed by atoms with Gasteiger partial charge in [-0.3, -0.25) is 9.36 Å². The normalized spacial score (nSPS) is 14.0. The molecular formula is C19H20N6O3. The number of hydrogen-bond acceptors (Lipinski definition) is 5. The summed E-state index contributed by atoms with van der Waals surface area (Å²) in [7, 11) is 1.56. The summed E-state index contributed by atoms with van der Waals surface area (Å²) in [6.07, 6.45) is 3.23. The average molecular weight is 380 g/mol. The second-order valence-electron chi connectivity index (χ2n) is 6.45. The highest BCUT2D eigenvalue weighted by Gasteiger charge is 2.31. The van der Waals surface area contributed by atoms with Crippen LogP contribution in [-0.4, -0.2) is 64.2 Å². The third-order valence-electron chi connectivity index (χ3n) is 4.56. The van der Waals surface area contributed by atoms with Crippen molar-refractivity contribution in [1.29, 1.82) is 0 Å². The molecule has 0 saturated carbocycles. The smallest absolute Gasteiger partial charge is 0.322 e. The van der Waals surface area contributed by atoms with Crippen LogP contribution in [0.1, 0.15) is 0 Å². The van der Waals surface area contributed by atoms with Gasteiger partial charge in [0, 0.05) is 7.05 Å². The average Bonchev–Trinajstić information content (AvgIpc) is 3.11. The van der Waals surface area contributed by atoms with E-state index in [1.807, 2.05) is 34.9 Å². The third kappa shape index (κ3) is 3.65. The molecule has 0 spiro atoms. The van der Waals surface area contributed by atoms with Crippen LogP contribution in [0.3, 0.4) is 0 Å². The lowest BCUT2D eigenvalue weighted by Crippen LogP contribution is -2.56. The standard InChI is InChI=1S/C19H20N6O3/c1-20-18(26)11-28-14-9-24(10-14)19(27)23-13-6-7-17(21-8-13)25-12-22-15-4-2-3-5-16(15)25/h2-8,12,14H,9-11H2,1H3,(H,20,26)(H,23,27). The van der Waals surface area contributed by atoms with Crippen molar-refractivity contribution in [2.75, 3.05) is 32.1 Å². The van der Waals surface area contributed by atoms with Crippen LogP contribution in [0.15, 0.2) is 48.9 Å². The number of carbonyl (C=O) groups is 2. The fourth-order valence-electron chi connectivity index (χ4n) is 2.92. The summed E-state index contributed by atoms with van der Waals surface area (Å²) in [5.41, 5.74) is 2.47. The van der Waals surface area contributed by atoms with E-state index in [9.17, 15) is 9.59 Å². The van der Waals surface area contributed by atoms with Crippen molar-refractivity contribution in [2.24, 2.45) is 0 Å². The van der Waals surface area contributed by atoms with Crippen LogP contribution >= 0.6 is 0 Å². The number of carbonyl (C=O) groups excluding carboxylic acids is 2. The van der Waals surface area contributed by atoms with E-state index in [0.29, 0.717) is 18.8 Å². The molecule has 4 rings (SSSR count). The number of imidazole rings is 1. The number of likely N-dealkylation sites (tertiary alicyclic amines) is 1. The Balaban J connectivity index is 1.33. The van der Waals surface area contributed by atoms with Crippen molar-refractivity contribution < 1.29 is 14.3 Å². The molecule has 0 bridgehead atoms. The zero-order chi connectivity index (χ0) is 19.5. The molecule has 1 aliphatic rings. The Morgan fingerprint density at radius 1 is 1.18 bits per heavy atom. The molecule has 9 heteroatoms. The molecule has 0 radical (unpaired) electrons. The number of likely N-dealkylation sites (N-methyl/N-ethyl adjacent to an activating group) is 1. The van der Waals surface area contributed by atoms with E-state index >= 15 is 0 Å². The van der Waals surface area contributed by atoms with E-state index in [-0.39, 0.29) is 24.6 Å². The van der Waals surface area contributed by atoms with Gasteiger partial charge in [-0.1, -0.05) is 12.1 Å². The predicted molar refractivity (Wildman–Crippen MR) is 103 cm³/mol. The van der Waals surface area contributed by atoms with Crippen LogP contribution in [-0.2, 0) is 9.53 Å². The Kier molecular flexibility index (Phi) is 4.90. The van der Waals surface area contributed by atoms with Gasteiger partial charge in [-0.05, 0) is 24.3 Å². The van der Waals surface area contributed by atoms with Gasteiger partial charge in [0.15, 0.2) is 0 Å². The molecule has 1 aliphatic heterocycles. The van der Waals surface area contributed by atoms with Gasteiger partial charge >= 0.3 is 6.03 Å². The van der Waals surface area contributed by atoms with Crippen LogP contribution in [0.5, 0.6) is 0 Å². The Labute approximate surface area is 161 Å². The van der Waals surface area contributed by atoms with Gasteiger partial charge in [0.2, 0.25) is 5.91 Å². The second-order valence-corrected chi connectivity index (χ2v) is 6.45. The minimum absolute atomic E-state index is 0.00490. The molecule has 1 fully saturated rings. The number of amides is 3. The summed E-state index contributed by atoms with van der Waals surface area (Å²) < 4.78 is 7.29. The van der Waals surface area contributed by atoms with Crippen LogP contribution in [0.25, 0.3) is 16.9 Å². The van der Waals surface area contributed by atoms with Gasteiger partial charge in [-0.2, -0.15) is 0 Å². The number of hydrogen-bond donors (Lipinski definition) is 2. The maximum absolute atomic E-state index is 12.3. The fraction of sp³-hybridized carbons (Fsp3) is 0.263. The monoisotopic (exact) mass is 380 g/mol. The number of ether oxygens (including phenoxy) is 1. The summed E-state index contributed by atoms with van der Waals surface area (Å²) in [5, 5.41) is 5.30. The van der Waals surface area contributed by atoms with E-state index in [2.05, 4.69) is 20.6 Å². The lowest BCUT2D eigenvalue weighted by molar-refractivity contribution is -0.130. The molecule has 144 valence electrons. The number of benzene rings is 1. The van der Waals surface area contributed by atoms with Gasteiger partial charge in [0.25, 0.3) is 0 Å². The third-order valence-corrected chi connectivity index (χ3v) is 4.56. The highest BCUT2D eigenvalue weighted by Crippen LogP contribution is 2.18. The molecular weight excluding hydrogens is 360 g/mol. The molecule has 9 nitrogen and oxygen atoms in total. The molecule has 1 saturated heterocycles. The fourth-order valence-corrected chi connectivity index (χ4v) is 2.92. The first-order valence-corrected chi connectivity index (χ1v) is 8.90. The number of fused-ring (bicyclic) bond motifs is 1. The van der Waals surface area contributed by atoms with Crippen LogP contribution in [0.2, 0.25) is 0 Å². The van der Waals surface area contributed by atoms with Gasteiger partial charge < -0.3 is 20.3 Å². The Morgan fingerprint density at radius 2 is 2.00 bits per heavy atom. The Hall–Kier alpha value is -3.46. The number of para-hydroxylation sites is 2. The quantitative estimate of drug-likeness (QED) is 0.697. The largest absolute Gasteiger partial charge is 0.365 e. The summed E-state index contributed by atoms with van der Waals surface area (Å²) in [5.74, 6) is 0.540. The van der Waals surface area contributed by atoms with Crippen molar-refractivity contribution in [2.45, 2.75) is 6.10 Å². The van der Waals surface area contributed by atoms with Crippen molar-refractivity contribution in [3.05, 3.63) is 48.9 Å². The predicted octanol–water partition coefficient (Wildman–Crippen LogP) is 1.40. The maximum atomic E-state index is 12.3. The molecule has 0 unspecified atom stereocenters. The van der Waals surface area contributed by atoms with Crippen molar-refractivity contribution in [3.8, 4) is 5.82 Å². The molecule has 0 atom stereocenters. The van der Waals surface area contributed by atoms with Gasteiger partial charge in [-0.15, -0.1) is 0 Å². The van der Waals surface area contributed by atoms with E-state index in [0.717, 1.165) is 16.9 Å². The number of nitrogens with zero attached hydrogens (tertiary/aromatic N) is 4. The number of anilines is 1. The first-order valence-electron chi connectivity index (χ1n) is 8.90. The summed E-state index contributed by atoms with van der Waals surface area (Å²) >= 11 is 0. The molecule has 3 heterocycles. The molecule has 28 heavy (non-hydrogen) atoms. The van der Waals surface area contributed by atoms with Crippen molar-refractivity contribution in [1.82, 2.24) is 24.8 Å². The first kappa shape index (κ1) is 17.9. The lowest BCUT2D eigenvalue weighted by atomic mass is 10.2. The molecule has 2 aromatic heterocycles. The zero-order valence-corrected chi connectivity index (χ0v) is 15.3. The Morgan fingerprint density at radius 3 is 2.75 bits per heavy atom. The summed E-state index contributed by atoms with van der Waals surface area (Å²) in [6.45, 7) is 0.912. The van der Waals surface area contributed by atoms with E-state index in [1.54, 1.807) is 30.5 Å². The molecule has 2 N–H and O–H groups in total. The minimum atomic E-state index is -0.220. The lowest BCUT2D eigenvalue weighted by Gasteiger charge is -2.38. The highest BCUT2D eigenvalue weighted by molar-refractivity contribution is 5.89. The number of aromatic nitrogens is 3. The molecule has 0 aliphatic carbocycles. The van der Waals surface area contributed by atoms with Gasteiger partial charge in [-0.25, -0.2) is 14.8 Å². The second kappa shape index (κ2) is 7.65. The van der Waals surface area contributed by atoms with Crippen LogP contribution in [0.4, 0.5) is 10.5 Å². The topological polar surface area (TPSA) is 101 Å². The number of urea groups is 1. The first-order chi connectivity index (χ1) is 13.6. The SMILES string of the molecule is CNC(=O)COC1CN(C(=O)Nc2ccc(-n3cnc4ccccc43)nc2)C1. The molecule has 3 amide bonds. The van der Waals surface area contributed by atoms with E-state index < -0.39 is 0 Å². The summed E-state index contributed by atoms with van der Waals surface area (Å²) in [6, 6.07) is 11.2. The van der Waals surface area contributed by atoms with E-state index in [1.165, 1.54) is 0 Å². The maximum Gasteiger partial charge on any atom is 0.322 e. The molecule has 1 aromatic carbocycles. The van der Waals surface area contributed by atoms with E-state index in [4.69, 9.17) is 4.74 Å². The van der Waals surface area contributed by atoms with Crippen LogP contribution in [0, 0.1) is 0 Å².